The number of carbonyl (C=O) groups excluding carboxylic acids is 1. The van der Waals surface area contributed by atoms with E-state index in [4.69, 9.17) is 4.74 Å². The lowest BCUT2D eigenvalue weighted by atomic mass is 9.87. The molecule has 6 atom stereocenters. The molecule has 0 aliphatic carbocycles. The van der Waals surface area contributed by atoms with Gasteiger partial charge < -0.3 is 14.5 Å². The topological polar surface area (TPSA) is 36.0 Å². The first kappa shape index (κ1) is 26.0. The van der Waals surface area contributed by atoms with Crippen LogP contribution in [-0.2, 0) is 9.53 Å². The normalized spacial score (nSPS) is 31.1. The molecule has 0 saturated carbocycles. The average molecular weight is 516 g/mol. The Kier molecular flexibility index (Phi) is 7.50. The molecular weight excluding hydrogens is 479 g/mol. The molecule has 3 saturated heterocycles. The van der Waals surface area contributed by atoms with Gasteiger partial charge in [-0.1, -0.05) is 6.07 Å². The zero-order valence-corrected chi connectivity index (χ0v) is 21.7. The van der Waals surface area contributed by atoms with Gasteiger partial charge in [0.1, 0.15) is 17.5 Å². The number of amides is 1. The van der Waals surface area contributed by atoms with Gasteiger partial charge in [0.2, 0.25) is 5.91 Å². The summed E-state index contributed by atoms with van der Waals surface area (Å²) in [5.41, 5.74) is 1.34. The van der Waals surface area contributed by atoms with E-state index < -0.39 is 17.6 Å². The fraction of sp³-hybridized carbons (Fsp3) is 0.552. The van der Waals surface area contributed by atoms with E-state index in [2.05, 4.69) is 30.6 Å². The van der Waals surface area contributed by atoms with E-state index in [1.165, 1.54) is 24.3 Å². The number of hydrogen-bond donors (Lipinski definition) is 0. The van der Waals surface area contributed by atoms with Crippen molar-refractivity contribution in [1.29, 1.82) is 0 Å². The number of ether oxygens (including phenoxy) is 1. The molecule has 8 heteroatoms. The Morgan fingerprint density at radius 2 is 1.57 bits per heavy atom. The summed E-state index contributed by atoms with van der Waals surface area (Å²) in [6, 6.07) is 10.5. The summed E-state index contributed by atoms with van der Waals surface area (Å²) < 4.78 is 47.9. The van der Waals surface area contributed by atoms with E-state index in [1.54, 1.807) is 12.1 Å². The maximum Gasteiger partial charge on any atom is 0.227 e. The molecule has 0 radical (unpaired) electrons. The summed E-state index contributed by atoms with van der Waals surface area (Å²) in [4.78, 5) is 20.5. The van der Waals surface area contributed by atoms with Crippen LogP contribution < -0.4 is 4.90 Å². The first-order valence-corrected chi connectivity index (χ1v) is 13.3. The average Bonchev–Trinajstić information content (AvgIpc) is 3.29. The molecule has 0 aromatic heterocycles. The molecule has 200 valence electrons. The van der Waals surface area contributed by atoms with E-state index in [0.717, 1.165) is 24.6 Å². The van der Waals surface area contributed by atoms with Crippen LogP contribution >= 0.6 is 0 Å². The van der Waals surface area contributed by atoms with Gasteiger partial charge in [0.05, 0.1) is 12.0 Å². The van der Waals surface area contributed by atoms with Gasteiger partial charge >= 0.3 is 0 Å². The van der Waals surface area contributed by atoms with Gasteiger partial charge in [0.25, 0.3) is 0 Å². The molecule has 0 unspecified atom stereocenters. The highest BCUT2D eigenvalue weighted by molar-refractivity contribution is 5.81. The second-order valence-corrected chi connectivity index (χ2v) is 11.0. The van der Waals surface area contributed by atoms with Gasteiger partial charge in [0.15, 0.2) is 0 Å². The Bertz CT molecular complexity index is 1100. The van der Waals surface area contributed by atoms with E-state index >= 15 is 0 Å². The highest BCUT2D eigenvalue weighted by atomic mass is 19.1. The van der Waals surface area contributed by atoms with Gasteiger partial charge in [0, 0.05) is 68.6 Å². The second-order valence-electron chi connectivity index (χ2n) is 11.0. The van der Waals surface area contributed by atoms with Crippen molar-refractivity contribution in [3.63, 3.8) is 0 Å². The molecule has 3 fully saturated rings. The van der Waals surface area contributed by atoms with E-state index in [-0.39, 0.29) is 41.9 Å². The highest BCUT2D eigenvalue weighted by Gasteiger charge is 2.45. The van der Waals surface area contributed by atoms with Crippen LogP contribution in [0.4, 0.5) is 18.9 Å². The number of anilines is 1. The monoisotopic (exact) mass is 515 g/mol. The summed E-state index contributed by atoms with van der Waals surface area (Å²) >= 11 is 0. The predicted molar refractivity (Wildman–Crippen MR) is 137 cm³/mol. The molecule has 3 heterocycles. The van der Waals surface area contributed by atoms with Crippen molar-refractivity contribution in [3.8, 4) is 0 Å². The number of halogens is 3. The van der Waals surface area contributed by atoms with Gasteiger partial charge in [-0.05, 0) is 69.5 Å². The van der Waals surface area contributed by atoms with Crippen molar-refractivity contribution < 1.29 is 22.7 Å². The molecule has 3 aliphatic rings. The van der Waals surface area contributed by atoms with Crippen LogP contribution in [0.25, 0.3) is 0 Å². The molecule has 3 aliphatic heterocycles. The molecule has 5 nitrogen and oxygen atoms in total. The van der Waals surface area contributed by atoms with Gasteiger partial charge in [-0.3, -0.25) is 9.69 Å². The maximum absolute atomic E-state index is 15.0. The summed E-state index contributed by atoms with van der Waals surface area (Å²) in [6.45, 7) is 9.06. The zero-order valence-electron chi connectivity index (χ0n) is 21.7. The summed E-state index contributed by atoms with van der Waals surface area (Å²) in [5, 5.41) is 0. The van der Waals surface area contributed by atoms with Crippen molar-refractivity contribution >= 4 is 11.6 Å². The molecule has 5 rings (SSSR count). The van der Waals surface area contributed by atoms with Crippen LogP contribution in [0.2, 0.25) is 0 Å². The third-order valence-electron chi connectivity index (χ3n) is 8.36. The molecule has 0 spiro atoms. The number of nitrogens with zero attached hydrogens (tertiary/aromatic N) is 3. The number of likely N-dealkylation sites (tertiary alicyclic amines) is 1. The molecule has 1 amide bonds. The van der Waals surface area contributed by atoms with Crippen molar-refractivity contribution in [1.82, 2.24) is 9.80 Å². The Morgan fingerprint density at radius 1 is 0.892 bits per heavy atom. The Balaban J connectivity index is 1.37. The van der Waals surface area contributed by atoms with E-state index in [0.29, 0.717) is 38.3 Å². The second kappa shape index (κ2) is 10.7. The van der Waals surface area contributed by atoms with Crippen LogP contribution in [0.5, 0.6) is 0 Å². The largest absolute Gasteiger partial charge is 0.378 e. The highest BCUT2D eigenvalue weighted by Crippen LogP contribution is 2.39. The van der Waals surface area contributed by atoms with Gasteiger partial charge in [-0.25, -0.2) is 13.2 Å². The zero-order chi connectivity index (χ0) is 26.3. The van der Waals surface area contributed by atoms with Crippen molar-refractivity contribution in [3.05, 3.63) is 65.5 Å². The van der Waals surface area contributed by atoms with Crippen molar-refractivity contribution in [2.45, 2.75) is 63.8 Å². The lowest BCUT2D eigenvalue weighted by Gasteiger charge is -2.46. The minimum atomic E-state index is -0.614. The lowest BCUT2D eigenvalue weighted by molar-refractivity contribution is -0.137. The summed E-state index contributed by atoms with van der Waals surface area (Å²) in [6.07, 6.45) is 1.91. The molecule has 0 N–H and O–H groups in total. The first-order chi connectivity index (χ1) is 17.7. The van der Waals surface area contributed by atoms with Crippen molar-refractivity contribution in [2.24, 2.45) is 5.92 Å². The smallest absolute Gasteiger partial charge is 0.227 e. The predicted octanol–water partition coefficient (Wildman–Crippen LogP) is 4.81. The minimum absolute atomic E-state index is 0.0220. The minimum Gasteiger partial charge on any atom is -0.378 e. The van der Waals surface area contributed by atoms with E-state index in [9.17, 15) is 18.0 Å². The van der Waals surface area contributed by atoms with Gasteiger partial charge in [-0.2, -0.15) is 0 Å². The number of benzene rings is 2. The summed E-state index contributed by atoms with van der Waals surface area (Å²) in [7, 11) is 0. The van der Waals surface area contributed by atoms with Gasteiger partial charge in [-0.15, -0.1) is 0 Å². The van der Waals surface area contributed by atoms with Crippen LogP contribution in [0.3, 0.4) is 0 Å². The molecule has 0 bridgehead atoms. The first-order valence-electron chi connectivity index (χ1n) is 13.3. The third kappa shape index (κ3) is 5.36. The molecule has 2 aromatic carbocycles. The lowest BCUT2D eigenvalue weighted by Crippen LogP contribution is -2.59. The van der Waals surface area contributed by atoms with Crippen LogP contribution in [0.1, 0.15) is 45.1 Å². The van der Waals surface area contributed by atoms with E-state index in [1.807, 2.05) is 4.90 Å². The van der Waals surface area contributed by atoms with Crippen LogP contribution in [0, 0.1) is 23.4 Å². The fourth-order valence-electron chi connectivity index (χ4n) is 6.67. The van der Waals surface area contributed by atoms with Crippen LogP contribution in [0.15, 0.2) is 42.5 Å². The quantitative estimate of drug-likeness (QED) is 0.586. The SMILES string of the molecule is C[C@@H]1C[C@@H](N2C[C@@H](C(=O)N3C[C@@H](C)N(c4ccc(F)cc4)[C@@H](C)C3)[C@H](c3ccc(F)cc3F)C2)CCO1. The molecular formula is C29H36F3N3O2. The fourth-order valence-corrected chi connectivity index (χ4v) is 6.67. The third-order valence-corrected chi connectivity index (χ3v) is 8.36. The molecule has 2 aromatic rings. The number of carbonyl (C=O) groups is 1. The Morgan fingerprint density at radius 3 is 2.22 bits per heavy atom. The molecule has 37 heavy (non-hydrogen) atoms. The van der Waals surface area contributed by atoms with Crippen LogP contribution in [-0.4, -0.2) is 72.7 Å². The standard InChI is InChI=1S/C29H36F3N3O2/c1-18-14-34(15-19(2)35(18)23-7-4-21(30)5-8-23)29(36)27-17-33(24-10-11-37-20(3)12-24)16-26(27)25-9-6-22(31)13-28(25)32/h4-9,13,18-20,24,26-27H,10-12,14-17H2,1-3H3/t18-,19+,20-,24+,26+,27-/m1/s1. The summed E-state index contributed by atoms with van der Waals surface area (Å²) in [5.74, 6) is -2.21. The Labute approximate surface area is 217 Å². The maximum atomic E-state index is 15.0. The van der Waals surface area contributed by atoms with Crippen molar-refractivity contribution in [2.75, 3.05) is 37.7 Å². The number of hydrogen-bond acceptors (Lipinski definition) is 4. The number of piperazine rings is 1. The number of rotatable bonds is 4. The Hall–Kier alpha value is -2.58.